The number of likely N-dealkylation sites (N-methyl/N-ethyl adjacent to an activating group) is 1. The van der Waals surface area contributed by atoms with E-state index in [1.165, 1.54) is 11.1 Å². The van der Waals surface area contributed by atoms with Gasteiger partial charge in [0.15, 0.2) is 0 Å². The molecule has 1 aliphatic rings. The van der Waals surface area contributed by atoms with Crippen LogP contribution in [0.2, 0.25) is 0 Å². The molecule has 0 bridgehead atoms. The van der Waals surface area contributed by atoms with Crippen molar-refractivity contribution in [2.24, 2.45) is 0 Å². The predicted octanol–water partition coefficient (Wildman–Crippen LogP) is 3.90. The summed E-state index contributed by atoms with van der Waals surface area (Å²) in [5.74, 6) is -1.05. The van der Waals surface area contributed by atoms with Crippen LogP contribution < -0.4 is 5.32 Å². The first-order valence-corrected chi connectivity index (χ1v) is 11.0. The van der Waals surface area contributed by atoms with Crippen LogP contribution in [0.3, 0.4) is 0 Å². The van der Waals surface area contributed by atoms with Crippen molar-refractivity contribution < 1.29 is 9.59 Å². The Bertz CT molecular complexity index is 1080. The monoisotopic (exact) mass is 427 g/mol. The standard InChI is InChI=1S/C27H29N3O2/c1-29(2)17-16-20-12-14-23(15-13-20)28-26(31)27(32)30-18-22-10-6-7-11-24(22)25(19-30)21-8-4-3-5-9-21/h3-15,25H,16-19H2,1-2H3,(H,28,31). The van der Waals surface area contributed by atoms with E-state index in [9.17, 15) is 9.59 Å². The van der Waals surface area contributed by atoms with Crippen molar-refractivity contribution in [2.45, 2.75) is 18.9 Å². The number of hydrogen-bond acceptors (Lipinski definition) is 3. The van der Waals surface area contributed by atoms with Crippen LogP contribution in [-0.2, 0) is 22.6 Å². The largest absolute Gasteiger partial charge is 0.329 e. The average Bonchev–Trinajstić information content (AvgIpc) is 2.83. The summed E-state index contributed by atoms with van der Waals surface area (Å²) in [5, 5.41) is 2.77. The molecule has 4 rings (SSSR count). The van der Waals surface area contributed by atoms with Gasteiger partial charge in [0.1, 0.15) is 0 Å². The van der Waals surface area contributed by atoms with Gasteiger partial charge in [0.05, 0.1) is 0 Å². The zero-order valence-corrected chi connectivity index (χ0v) is 18.6. The molecule has 3 aromatic rings. The molecule has 0 saturated carbocycles. The lowest BCUT2D eigenvalue weighted by atomic mass is 9.84. The number of carbonyl (C=O) groups excluding carboxylic acids is 2. The van der Waals surface area contributed by atoms with Gasteiger partial charge in [-0.2, -0.15) is 0 Å². The van der Waals surface area contributed by atoms with E-state index >= 15 is 0 Å². The molecule has 5 nitrogen and oxygen atoms in total. The summed E-state index contributed by atoms with van der Waals surface area (Å²) < 4.78 is 0. The summed E-state index contributed by atoms with van der Waals surface area (Å²) in [5.41, 5.74) is 5.27. The lowest BCUT2D eigenvalue weighted by Crippen LogP contribution is -2.44. The summed E-state index contributed by atoms with van der Waals surface area (Å²) in [6.07, 6.45) is 0.939. The number of anilines is 1. The molecular formula is C27H29N3O2. The van der Waals surface area contributed by atoms with Gasteiger partial charge in [-0.05, 0) is 54.9 Å². The second-order valence-electron chi connectivity index (χ2n) is 8.55. The topological polar surface area (TPSA) is 52.7 Å². The molecule has 2 amide bonds. The number of nitrogens with one attached hydrogen (secondary N) is 1. The van der Waals surface area contributed by atoms with E-state index in [4.69, 9.17) is 0 Å². The van der Waals surface area contributed by atoms with Crippen LogP contribution in [0.15, 0.2) is 78.9 Å². The highest BCUT2D eigenvalue weighted by Crippen LogP contribution is 2.33. The van der Waals surface area contributed by atoms with Crippen LogP contribution in [0.4, 0.5) is 5.69 Å². The molecule has 1 atom stereocenters. The maximum atomic E-state index is 13.0. The third-order valence-electron chi connectivity index (χ3n) is 5.94. The van der Waals surface area contributed by atoms with Crippen molar-refractivity contribution in [1.82, 2.24) is 9.80 Å². The van der Waals surface area contributed by atoms with Gasteiger partial charge in [0, 0.05) is 31.2 Å². The number of carbonyl (C=O) groups is 2. The second-order valence-corrected chi connectivity index (χ2v) is 8.55. The van der Waals surface area contributed by atoms with Gasteiger partial charge >= 0.3 is 11.8 Å². The van der Waals surface area contributed by atoms with E-state index in [1.54, 1.807) is 4.90 Å². The van der Waals surface area contributed by atoms with Crippen molar-refractivity contribution in [3.63, 3.8) is 0 Å². The molecule has 0 saturated heterocycles. The third-order valence-corrected chi connectivity index (χ3v) is 5.94. The minimum absolute atomic E-state index is 0.0499. The first-order valence-electron chi connectivity index (χ1n) is 11.0. The number of hydrogen-bond donors (Lipinski definition) is 1. The smallest absolute Gasteiger partial charge is 0.313 e. The Kier molecular flexibility index (Phi) is 6.66. The summed E-state index contributed by atoms with van der Waals surface area (Å²) in [6.45, 7) is 1.88. The number of rotatable bonds is 5. The molecule has 0 aromatic heterocycles. The second kappa shape index (κ2) is 9.79. The molecule has 0 radical (unpaired) electrons. The van der Waals surface area contributed by atoms with Crippen molar-refractivity contribution in [3.8, 4) is 0 Å². The van der Waals surface area contributed by atoms with Crippen LogP contribution in [0, 0.1) is 0 Å². The SMILES string of the molecule is CN(C)CCc1ccc(NC(=O)C(=O)N2Cc3ccccc3C(c3ccccc3)C2)cc1. The Morgan fingerprint density at radius 2 is 1.62 bits per heavy atom. The van der Waals surface area contributed by atoms with Crippen molar-refractivity contribution >= 4 is 17.5 Å². The number of fused-ring (bicyclic) bond motifs is 1. The first-order chi connectivity index (χ1) is 15.5. The molecule has 1 unspecified atom stereocenters. The fourth-order valence-corrected chi connectivity index (χ4v) is 4.17. The van der Waals surface area contributed by atoms with Crippen molar-refractivity contribution in [3.05, 3.63) is 101 Å². The van der Waals surface area contributed by atoms with E-state index in [0.717, 1.165) is 24.1 Å². The molecule has 164 valence electrons. The Hall–Kier alpha value is -3.44. The highest BCUT2D eigenvalue weighted by atomic mass is 16.2. The quantitative estimate of drug-likeness (QED) is 0.629. The molecule has 1 heterocycles. The average molecular weight is 428 g/mol. The van der Waals surface area contributed by atoms with Crippen LogP contribution in [0.1, 0.15) is 28.2 Å². The molecular weight excluding hydrogens is 398 g/mol. The van der Waals surface area contributed by atoms with Crippen LogP contribution in [-0.4, -0.2) is 48.8 Å². The van der Waals surface area contributed by atoms with E-state index in [2.05, 4.69) is 28.4 Å². The van der Waals surface area contributed by atoms with Gasteiger partial charge in [0.2, 0.25) is 0 Å². The van der Waals surface area contributed by atoms with E-state index in [-0.39, 0.29) is 5.92 Å². The number of benzene rings is 3. The minimum atomic E-state index is -0.600. The number of nitrogens with zero attached hydrogens (tertiary/aromatic N) is 2. The van der Waals surface area contributed by atoms with E-state index < -0.39 is 11.8 Å². The van der Waals surface area contributed by atoms with Crippen molar-refractivity contribution in [2.75, 3.05) is 32.5 Å². The Balaban J connectivity index is 1.46. The summed E-state index contributed by atoms with van der Waals surface area (Å²) >= 11 is 0. The minimum Gasteiger partial charge on any atom is -0.329 e. The lowest BCUT2D eigenvalue weighted by molar-refractivity contribution is -0.143. The first kappa shape index (κ1) is 21.8. The molecule has 3 aromatic carbocycles. The predicted molar refractivity (Wildman–Crippen MR) is 127 cm³/mol. The Labute approximate surface area is 189 Å². The van der Waals surface area contributed by atoms with Gasteiger partial charge in [-0.1, -0.05) is 66.7 Å². The van der Waals surface area contributed by atoms with Gasteiger partial charge < -0.3 is 15.1 Å². The fourth-order valence-electron chi connectivity index (χ4n) is 4.17. The highest BCUT2D eigenvalue weighted by molar-refractivity contribution is 6.39. The summed E-state index contributed by atoms with van der Waals surface area (Å²) in [6, 6.07) is 26.0. The maximum absolute atomic E-state index is 13.0. The van der Waals surface area contributed by atoms with Crippen LogP contribution in [0.25, 0.3) is 0 Å². The zero-order chi connectivity index (χ0) is 22.5. The molecule has 0 fully saturated rings. The Morgan fingerprint density at radius 1 is 0.938 bits per heavy atom. The molecule has 5 heteroatoms. The zero-order valence-electron chi connectivity index (χ0n) is 18.6. The summed E-state index contributed by atoms with van der Waals surface area (Å²) in [7, 11) is 4.09. The molecule has 1 aliphatic heterocycles. The number of amides is 2. The maximum Gasteiger partial charge on any atom is 0.313 e. The van der Waals surface area contributed by atoms with Crippen LogP contribution in [0.5, 0.6) is 0 Å². The van der Waals surface area contributed by atoms with E-state index in [0.29, 0.717) is 18.8 Å². The van der Waals surface area contributed by atoms with Crippen molar-refractivity contribution in [1.29, 1.82) is 0 Å². The third kappa shape index (κ3) is 5.06. The van der Waals surface area contributed by atoms with Gasteiger partial charge in [-0.3, -0.25) is 9.59 Å². The summed E-state index contributed by atoms with van der Waals surface area (Å²) in [4.78, 5) is 29.6. The lowest BCUT2D eigenvalue weighted by Gasteiger charge is -2.34. The normalized spacial score (nSPS) is 15.3. The van der Waals surface area contributed by atoms with E-state index in [1.807, 2.05) is 74.8 Å². The van der Waals surface area contributed by atoms with Gasteiger partial charge in [0.25, 0.3) is 0 Å². The molecule has 0 aliphatic carbocycles. The fraction of sp³-hybridized carbons (Fsp3) is 0.259. The molecule has 1 N–H and O–H groups in total. The van der Waals surface area contributed by atoms with Gasteiger partial charge in [-0.15, -0.1) is 0 Å². The Morgan fingerprint density at radius 3 is 2.34 bits per heavy atom. The van der Waals surface area contributed by atoms with Crippen LogP contribution >= 0.6 is 0 Å². The van der Waals surface area contributed by atoms with Gasteiger partial charge in [-0.25, -0.2) is 0 Å². The highest BCUT2D eigenvalue weighted by Gasteiger charge is 2.31. The molecule has 32 heavy (non-hydrogen) atoms. The molecule has 0 spiro atoms.